The zero-order chi connectivity index (χ0) is 24.0. The molecule has 0 spiro atoms. The Bertz CT molecular complexity index is 927. The molecule has 1 aromatic heterocycles. The first-order chi connectivity index (χ1) is 15.7. The number of nitro benzene ring substituents is 1. The molecule has 9 nitrogen and oxygen atoms in total. The van der Waals surface area contributed by atoms with Crippen molar-refractivity contribution in [2.24, 2.45) is 5.92 Å². The van der Waals surface area contributed by atoms with Gasteiger partial charge in [-0.15, -0.1) is 0 Å². The van der Waals surface area contributed by atoms with E-state index in [9.17, 15) is 15.2 Å². The van der Waals surface area contributed by atoms with Crippen molar-refractivity contribution in [2.75, 3.05) is 50.8 Å². The molecule has 9 heteroatoms. The Morgan fingerprint density at radius 3 is 2.36 bits per heavy atom. The smallest absolute Gasteiger partial charge is 0.269 e. The fourth-order valence-electron chi connectivity index (χ4n) is 4.06. The van der Waals surface area contributed by atoms with Crippen LogP contribution in [0.2, 0.25) is 0 Å². The summed E-state index contributed by atoms with van der Waals surface area (Å²) in [7, 11) is 0. The van der Waals surface area contributed by atoms with E-state index in [-0.39, 0.29) is 10.6 Å². The molecule has 1 saturated heterocycles. The minimum absolute atomic E-state index is 0.0868. The van der Waals surface area contributed by atoms with E-state index in [1.807, 2.05) is 13.8 Å². The van der Waals surface area contributed by atoms with Crippen molar-refractivity contribution in [2.45, 2.75) is 40.2 Å². The molecular formula is C24H35N5O4. The molecule has 180 valence electrons. The highest BCUT2D eigenvalue weighted by molar-refractivity contribution is 5.52. The van der Waals surface area contributed by atoms with Crippen molar-refractivity contribution in [3.63, 3.8) is 0 Å². The molecule has 0 aliphatic carbocycles. The molecular weight excluding hydrogens is 422 g/mol. The van der Waals surface area contributed by atoms with Gasteiger partial charge in [0, 0.05) is 69.1 Å². The summed E-state index contributed by atoms with van der Waals surface area (Å²) in [4.78, 5) is 24.4. The Morgan fingerprint density at radius 1 is 1.09 bits per heavy atom. The maximum atomic E-state index is 10.9. The topological polar surface area (TPSA) is 105 Å². The number of nitrogens with zero attached hydrogens (tertiary/aromatic N) is 5. The summed E-state index contributed by atoms with van der Waals surface area (Å²) < 4.78 is 5.57. The average Bonchev–Trinajstić information content (AvgIpc) is 2.76. The zero-order valence-electron chi connectivity index (χ0n) is 20.0. The summed E-state index contributed by atoms with van der Waals surface area (Å²) in [6, 6.07) is 6.66. The molecule has 1 aliphatic rings. The zero-order valence-corrected chi connectivity index (χ0v) is 20.0. The number of anilines is 1. The number of ether oxygens (including phenoxy) is 1. The van der Waals surface area contributed by atoms with Crippen molar-refractivity contribution >= 4 is 11.5 Å². The van der Waals surface area contributed by atoms with Crippen LogP contribution >= 0.6 is 0 Å². The summed E-state index contributed by atoms with van der Waals surface area (Å²) in [6.45, 7) is 13.0. The van der Waals surface area contributed by atoms with E-state index < -0.39 is 6.10 Å². The minimum atomic E-state index is -0.489. The number of piperazine rings is 1. The first-order valence-electron chi connectivity index (χ1n) is 11.5. The molecule has 3 rings (SSSR count). The summed E-state index contributed by atoms with van der Waals surface area (Å²) in [5.41, 5.74) is 3.05. The van der Waals surface area contributed by atoms with E-state index in [4.69, 9.17) is 9.72 Å². The van der Waals surface area contributed by atoms with Gasteiger partial charge in [-0.1, -0.05) is 26.0 Å². The molecule has 1 fully saturated rings. The molecule has 1 aromatic carbocycles. The van der Waals surface area contributed by atoms with Crippen LogP contribution in [0, 0.1) is 29.9 Å². The van der Waals surface area contributed by atoms with Gasteiger partial charge in [0.05, 0.1) is 17.6 Å². The van der Waals surface area contributed by atoms with Crippen molar-refractivity contribution < 1.29 is 14.8 Å². The molecule has 1 aliphatic heterocycles. The third-order valence-electron chi connectivity index (χ3n) is 5.73. The molecule has 2 aromatic rings. The van der Waals surface area contributed by atoms with Crippen molar-refractivity contribution in [1.29, 1.82) is 0 Å². The second-order valence-corrected chi connectivity index (χ2v) is 9.13. The minimum Gasteiger partial charge on any atom is -0.389 e. The summed E-state index contributed by atoms with van der Waals surface area (Å²) in [5, 5.41) is 21.2. The summed E-state index contributed by atoms with van der Waals surface area (Å²) in [5.74, 6) is 2.12. The highest BCUT2D eigenvalue weighted by Gasteiger charge is 2.24. The third kappa shape index (κ3) is 7.18. The van der Waals surface area contributed by atoms with Crippen LogP contribution in [0.5, 0.6) is 0 Å². The van der Waals surface area contributed by atoms with E-state index in [0.29, 0.717) is 32.1 Å². The monoisotopic (exact) mass is 457 g/mol. The van der Waals surface area contributed by atoms with Gasteiger partial charge in [-0.3, -0.25) is 15.0 Å². The van der Waals surface area contributed by atoms with Gasteiger partial charge in [-0.05, 0) is 25.3 Å². The standard InChI is InChI=1S/C24H35N5O4/c1-17(2)15-33-16-22(30)14-27-9-11-28(12-10-27)24-23(18(3)25-19(4)26-24)13-20-5-7-21(8-6-20)29(31)32/h5-8,17,22,30H,9-16H2,1-4H3/t22-/m0/s1. The predicted molar refractivity (Wildman–Crippen MR) is 128 cm³/mol. The van der Waals surface area contributed by atoms with Gasteiger partial charge in [-0.2, -0.15) is 0 Å². The third-order valence-corrected chi connectivity index (χ3v) is 5.73. The van der Waals surface area contributed by atoms with Crippen molar-refractivity contribution in [3.8, 4) is 0 Å². The molecule has 1 N–H and O–H groups in total. The molecule has 0 amide bonds. The Labute approximate surface area is 195 Å². The molecule has 2 heterocycles. The van der Waals surface area contributed by atoms with Gasteiger partial charge in [-0.25, -0.2) is 9.97 Å². The van der Waals surface area contributed by atoms with Gasteiger partial charge in [0.15, 0.2) is 0 Å². The first kappa shape index (κ1) is 25.0. The molecule has 0 radical (unpaired) electrons. The van der Waals surface area contributed by atoms with Crippen LogP contribution < -0.4 is 4.90 Å². The molecule has 0 saturated carbocycles. The van der Waals surface area contributed by atoms with E-state index in [2.05, 4.69) is 28.6 Å². The maximum absolute atomic E-state index is 10.9. The second-order valence-electron chi connectivity index (χ2n) is 9.13. The SMILES string of the molecule is Cc1nc(C)c(Cc2ccc([N+](=O)[O-])cc2)c(N2CCN(C[C@H](O)COCC(C)C)CC2)n1. The van der Waals surface area contributed by atoms with Crippen LogP contribution in [0.15, 0.2) is 24.3 Å². The Kier molecular flexibility index (Phi) is 8.71. The molecule has 33 heavy (non-hydrogen) atoms. The number of aromatic nitrogens is 2. The fraction of sp³-hybridized carbons (Fsp3) is 0.583. The largest absolute Gasteiger partial charge is 0.389 e. The van der Waals surface area contributed by atoms with E-state index in [0.717, 1.165) is 54.6 Å². The summed E-state index contributed by atoms with van der Waals surface area (Å²) >= 11 is 0. The predicted octanol–water partition coefficient (Wildman–Crippen LogP) is 2.75. The number of aliphatic hydroxyl groups excluding tert-OH is 1. The van der Waals surface area contributed by atoms with Crippen molar-refractivity contribution in [3.05, 3.63) is 57.0 Å². The number of β-amino-alcohol motifs (C(OH)–C–C–N with tert-alkyl or cyclic N) is 1. The second kappa shape index (κ2) is 11.5. The molecule has 0 unspecified atom stereocenters. The Morgan fingerprint density at radius 2 is 1.76 bits per heavy atom. The lowest BCUT2D eigenvalue weighted by atomic mass is 10.0. The first-order valence-corrected chi connectivity index (χ1v) is 11.5. The fourth-order valence-corrected chi connectivity index (χ4v) is 4.06. The Hall–Kier alpha value is -2.62. The van der Waals surface area contributed by atoms with Gasteiger partial charge in [0.2, 0.25) is 0 Å². The van der Waals surface area contributed by atoms with Crippen molar-refractivity contribution in [1.82, 2.24) is 14.9 Å². The number of hydrogen-bond donors (Lipinski definition) is 1. The lowest BCUT2D eigenvalue weighted by molar-refractivity contribution is -0.384. The normalized spacial score (nSPS) is 15.8. The van der Waals surface area contributed by atoms with Crippen LogP contribution in [0.3, 0.4) is 0 Å². The molecule has 0 bridgehead atoms. The maximum Gasteiger partial charge on any atom is 0.269 e. The number of nitro groups is 1. The number of benzene rings is 1. The number of aryl methyl sites for hydroxylation is 2. The van der Waals surface area contributed by atoms with E-state index in [1.165, 1.54) is 12.1 Å². The van der Waals surface area contributed by atoms with E-state index >= 15 is 0 Å². The van der Waals surface area contributed by atoms with E-state index in [1.54, 1.807) is 12.1 Å². The Balaban J connectivity index is 1.64. The average molecular weight is 458 g/mol. The van der Waals surface area contributed by atoms with Gasteiger partial charge in [0.25, 0.3) is 5.69 Å². The summed E-state index contributed by atoms with van der Waals surface area (Å²) in [6.07, 6.45) is 0.127. The quantitative estimate of drug-likeness (QED) is 0.429. The van der Waals surface area contributed by atoms with Gasteiger partial charge >= 0.3 is 0 Å². The van der Waals surface area contributed by atoms with Crippen LogP contribution in [0.25, 0.3) is 0 Å². The van der Waals surface area contributed by atoms with Crippen LogP contribution in [0.1, 0.15) is 36.5 Å². The van der Waals surface area contributed by atoms with Gasteiger partial charge in [0.1, 0.15) is 11.6 Å². The highest BCUT2D eigenvalue weighted by atomic mass is 16.6. The van der Waals surface area contributed by atoms with Crippen LogP contribution in [-0.4, -0.2) is 76.9 Å². The number of rotatable bonds is 10. The lowest BCUT2D eigenvalue weighted by Gasteiger charge is -2.37. The lowest BCUT2D eigenvalue weighted by Crippen LogP contribution is -2.49. The van der Waals surface area contributed by atoms with Gasteiger partial charge < -0.3 is 14.7 Å². The number of hydrogen-bond acceptors (Lipinski definition) is 8. The molecule has 1 atom stereocenters. The number of non-ortho nitro benzene ring substituents is 1. The van der Waals surface area contributed by atoms with Crippen LogP contribution in [-0.2, 0) is 11.2 Å². The highest BCUT2D eigenvalue weighted by Crippen LogP contribution is 2.26. The number of aliphatic hydroxyl groups is 1. The van der Waals surface area contributed by atoms with Crippen LogP contribution in [0.4, 0.5) is 11.5 Å².